The second-order valence-electron chi connectivity index (χ2n) is 5.06. The second-order valence-corrected chi connectivity index (χ2v) is 5.06. The molecule has 1 rings (SSSR count). The first-order chi connectivity index (χ1) is 9.31. The van der Waals surface area contributed by atoms with E-state index in [1.54, 1.807) is 30.9 Å². The standard InChI is InChI=1S/C15H24N4O/c1-11-9-8-10-12(2)13(11)18(6)15(20)19(7)14(16-3)17(4)5/h8-10H,1-7H3/b16-14-. The van der Waals surface area contributed by atoms with Gasteiger partial charge in [-0.25, -0.2) is 4.79 Å². The van der Waals surface area contributed by atoms with Crippen molar-refractivity contribution >= 4 is 17.7 Å². The Morgan fingerprint density at radius 3 is 1.95 bits per heavy atom. The molecular weight excluding hydrogens is 252 g/mol. The number of guanidine groups is 1. The highest BCUT2D eigenvalue weighted by molar-refractivity contribution is 6.03. The Labute approximate surface area is 121 Å². The topological polar surface area (TPSA) is 39.1 Å². The van der Waals surface area contributed by atoms with E-state index in [1.165, 1.54) is 0 Å². The first-order valence-electron chi connectivity index (χ1n) is 6.53. The first kappa shape index (κ1) is 16.0. The highest BCUT2D eigenvalue weighted by Crippen LogP contribution is 2.24. The van der Waals surface area contributed by atoms with Crippen LogP contribution in [-0.4, -0.2) is 57.0 Å². The lowest BCUT2D eigenvalue weighted by Gasteiger charge is -2.30. The lowest BCUT2D eigenvalue weighted by molar-refractivity contribution is 0.230. The van der Waals surface area contributed by atoms with Crippen LogP contribution < -0.4 is 4.90 Å². The molecule has 1 aromatic rings. The SMILES string of the molecule is C/N=C(/N(C)C)N(C)C(=O)N(C)c1c(C)cccc1C. The summed E-state index contributed by atoms with van der Waals surface area (Å²) >= 11 is 0. The van der Waals surface area contributed by atoms with Crippen LogP contribution >= 0.6 is 0 Å². The molecule has 5 heteroatoms. The van der Waals surface area contributed by atoms with Crippen LogP contribution in [0.3, 0.4) is 0 Å². The Hall–Kier alpha value is -2.04. The monoisotopic (exact) mass is 276 g/mol. The van der Waals surface area contributed by atoms with Crippen molar-refractivity contribution in [1.29, 1.82) is 0 Å². The Morgan fingerprint density at radius 1 is 1.05 bits per heavy atom. The number of hydrogen-bond donors (Lipinski definition) is 0. The summed E-state index contributed by atoms with van der Waals surface area (Å²) in [4.78, 5) is 21.8. The third-order valence-electron chi connectivity index (χ3n) is 3.25. The lowest BCUT2D eigenvalue weighted by atomic mass is 10.1. The maximum Gasteiger partial charge on any atom is 0.330 e. The van der Waals surface area contributed by atoms with Gasteiger partial charge >= 0.3 is 6.03 Å². The van der Waals surface area contributed by atoms with Gasteiger partial charge in [0.2, 0.25) is 5.96 Å². The molecule has 2 amide bonds. The fourth-order valence-corrected chi connectivity index (χ4v) is 2.39. The maximum atomic E-state index is 12.6. The molecule has 0 aliphatic rings. The number of urea groups is 1. The molecule has 0 N–H and O–H groups in total. The van der Waals surface area contributed by atoms with Gasteiger partial charge in [-0.15, -0.1) is 0 Å². The molecule has 0 fully saturated rings. The zero-order valence-corrected chi connectivity index (χ0v) is 13.4. The molecule has 0 aromatic heterocycles. The summed E-state index contributed by atoms with van der Waals surface area (Å²) in [6.07, 6.45) is 0. The number of hydrogen-bond acceptors (Lipinski definition) is 2. The van der Waals surface area contributed by atoms with Crippen molar-refractivity contribution in [1.82, 2.24) is 9.80 Å². The number of nitrogens with zero attached hydrogens (tertiary/aromatic N) is 4. The minimum absolute atomic E-state index is 0.114. The van der Waals surface area contributed by atoms with Gasteiger partial charge in [-0.2, -0.15) is 0 Å². The normalized spacial score (nSPS) is 11.2. The van der Waals surface area contributed by atoms with Gasteiger partial charge in [-0.05, 0) is 25.0 Å². The number of anilines is 1. The van der Waals surface area contributed by atoms with Crippen LogP contribution in [0.15, 0.2) is 23.2 Å². The van der Waals surface area contributed by atoms with Gasteiger partial charge in [-0.1, -0.05) is 18.2 Å². The van der Waals surface area contributed by atoms with Crippen LogP contribution in [0.2, 0.25) is 0 Å². The average Bonchev–Trinajstić information content (AvgIpc) is 2.37. The fourth-order valence-electron chi connectivity index (χ4n) is 2.39. The van der Waals surface area contributed by atoms with Crippen molar-refractivity contribution in [3.05, 3.63) is 29.3 Å². The van der Waals surface area contributed by atoms with Crippen molar-refractivity contribution in [3.8, 4) is 0 Å². The Bertz CT molecular complexity index is 502. The van der Waals surface area contributed by atoms with E-state index in [0.29, 0.717) is 5.96 Å². The molecule has 0 unspecified atom stereocenters. The molecule has 1 aromatic carbocycles. The van der Waals surface area contributed by atoms with Crippen LogP contribution in [-0.2, 0) is 0 Å². The van der Waals surface area contributed by atoms with E-state index >= 15 is 0 Å². The Kier molecular flexibility index (Phi) is 5.13. The molecular formula is C15H24N4O. The largest absolute Gasteiger partial charge is 0.349 e. The molecule has 0 spiro atoms. The molecule has 110 valence electrons. The van der Waals surface area contributed by atoms with Crippen LogP contribution in [0.5, 0.6) is 0 Å². The van der Waals surface area contributed by atoms with Gasteiger partial charge in [0.15, 0.2) is 0 Å². The van der Waals surface area contributed by atoms with Gasteiger partial charge in [0, 0.05) is 35.2 Å². The molecule has 0 aliphatic carbocycles. The number of aryl methyl sites for hydroxylation is 2. The summed E-state index contributed by atoms with van der Waals surface area (Å²) in [6.45, 7) is 4.01. The molecule has 0 radical (unpaired) electrons. The molecule has 0 heterocycles. The molecule has 0 bridgehead atoms. The van der Waals surface area contributed by atoms with Crippen LogP contribution in [0.25, 0.3) is 0 Å². The van der Waals surface area contributed by atoms with Crippen molar-refractivity contribution in [2.75, 3.05) is 40.1 Å². The number of rotatable bonds is 1. The quantitative estimate of drug-likeness (QED) is 0.583. The zero-order valence-electron chi connectivity index (χ0n) is 13.4. The second kappa shape index (κ2) is 6.41. The smallest absolute Gasteiger partial charge is 0.330 e. The first-order valence-corrected chi connectivity index (χ1v) is 6.53. The molecule has 0 saturated heterocycles. The van der Waals surface area contributed by atoms with Gasteiger partial charge in [-0.3, -0.25) is 14.8 Å². The number of carbonyl (C=O) groups is 1. The van der Waals surface area contributed by atoms with Crippen molar-refractivity contribution in [3.63, 3.8) is 0 Å². The number of benzene rings is 1. The number of carbonyl (C=O) groups excluding carboxylic acids is 1. The van der Waals surface area contributed by atoms with Crippen LogP contribution in [0, 0.1) is 13.8 Å². The Balaban J connectivity index is 3.09. The van der Waals surface area contributed by atoms with Crippen LogP contribution in [0.4, 0.5) is 10.5 Å². The summed E-state index contributed by atoms with van der Waals surface area (Å²) in [5, 5.41) is 0. The third-order valence-corrected chi connectivity index (χ3v) is 3.25. The predicted molar refractivity (Wildman–Crippen MR) is 84.5 cm³/mol. The molecule has 5 nitrogen and oxygen atoms in total. The summed E-state index contributed by atoms with van der Waals surface area (Å²) in [5.74, 6) is 0.619. The predicted octanol–water partition coefficient (Wildman–Crippen LogP) is 2.34. The van der Waals surface area contributed by atoms with Crippen molar-refractivity contribution in [2.24, 2.45) is 4.99 Å². The Morgan fingerprint density at radius 2 is 1.55 bits per heavy atom. The molecule has 0 saturated carbocycles. The third kappa shape index (κ3) is 3.10. The van der Waals surface area contributed by atoms with Gasteiger partial charge in [0.05, 0.1) is 5.69 Å². The zero-order chi connectivity index (χ0) is 15.4. The van der Waals surface area contributed by atoms with E-state index in [1.807, 2.05) is 51.0 Å². The van der Waals surface area contributed by atoms with E-state index in [0.717, 1.165) is 16.8 Å². The summed E-state index contributed by atoms with van der Waals surface area (Å²) in [6, 6.07) is 5.89. The van der Waals surface area contributed by atoms with E-state index < -0.39 is 0 Å². The maximum absolute atomic E-state index is 12.6. The highest BCUT2D eigenvalue weighted by Gasteiger charge is 2.22. The van der Waals surface area contributed by atoms with Crippen molar-refractivity contribution in [2.45, 2.75) is 13.8 Å². The molecule has 0 aliphatic heterocycles. The van der Waals surface area contributed by atoms with Gasteiger partial charge in [0.1, 0.15) is 0 Å². The van der Waals surface area contributed by atoms with Crippen LogP contribution in [0.1, 0.15) is 11.1 Å². The van der Waals surface area contributed by atoms with E-state index in [9.17, 15) is 4.79 Å². The highest BCUT2D eigenvalue weighted by atomic mass is 16.2. The minimum atomic E-state index is -0.114. The summed E-state index contributed by atoms with van der Waals surface area (Å²) < 4.78 is 0. The number of aliphatic imine (C=N–C) groups is 1. The average molecular weight is 276 g/mol. The fraction of sp³-hybridized carbons (Fsp3) is 0.467. The van der Waals surface area contributed by atoms with E-state index in [-0.39, 0.29) is 6.03 Å². The number of amides is 2. The number of para-hydroxylation sites is 1. The summed E-state index contributed by atoms with van der Waals surface area (Å²) in [7, 11) is 8.93. The molecule has 20 heavy (non-hydrogen) atoms. The van der Waals surface area contributed by atoms with Crippen molar-refractivity contribution < 1.29 is 4.79 Å². The summed E-state index contributed by atoms with van der Waals surface area (Å²) in [5.41, 5.74) is 3.10. The minimum Gasteiger partial charge on any atom is -0.349 e. The van der Waals surface area contributed by atoms with E-state index in [4.69, 9.17) is 0 Å². The van der Waals surface area contributed by atoms with E-state index in [2.05, 4.69) is 4.99 Å². The van der Waals surface area contributed by atoms with Gasteiger partial charge < -0.3 is 4.90 Å². The lowest BCUT2D eigenvalue weighted by Crippen LogP contribution is -2.47. The van der Waals surface area contributed by atoms with Gasteiger partial charge in [0.25, 0.3) is 0 Å². The molecule has 0 atom stereocenters.